The third-order valence-corrected chi connectivity index (χ3v) is 4.97. The smallest absolute Gasteiger partial charge is 0.135 e. The van der Waals surface area contributed by atoms with E-state index in [0.717, 1.165) is 18.0 Å². The van der Waals surface area contributed by atoms with E-state index in [1.54, 1.807) is 6.07 Å². The van der Waals surface area contributed by atoms with E-state index >= 15 is 0 Å². The maximum Gasteiger partial charge on any atom is 0.135 e. The van der Waals surface area contributed by atoms with Gasteiger partial charge in [-0.1, -0.05) is 25.2 Å². The molecule has 5 heteroatoms. The Kier molecular flexibility index (Phi) is 4.12. The highest BCUT2D eigenvalue weighted by Crippen LogP contribution is 2.32. The molecular formula is C13H17FN2S2. The summed E-state index contributed by atoms with van der Waals surface area (Å²) in [6, 6.07) is 5.37. The number of hydrogen-bond acceptors (Lipinski definition) is 3. The maximum absolute atomic E-state index is 13.9. The Morgan fingerprint density at radius 3 is 2.89 bits per heavy atom. The molecule has 2 rings (SSSR count). The average Bonchev–Trinajstić information content (AvgIpc) is 2.32. The second-order valence-electron chi connectivity index (χ2n) is 4.51. The van der Waals surface area contributed by atoms with Gasteiger partial charge in [-0.25, -0.2) is 4.39 Å². The second-order valence-corrected chi connectivity index (χ2v) is 6.43. The first-order valence-electron chi connectivity index (χ1n) is 5.99. The summed E-state index contributed by atoms with van der Waals surface area (Å²) < 4.78 is 13.9. The molecule has 2 atom stereocenters. The monoisotopic (exact) mass is 284 g/mol. The molecule has 2 unspecified atom stereocenters. The molecule has 1 heterocycles. The van der Waals surface area contributed by atoms with Crippen LogP contribution in [-0.2, 0) is 0 Å². The molecule has 0 saturated carbocycles. The van der Waals surface area contributed by atoms with Gasteiger partial charge in [-0.3, -0.25) is 0 Å². The lowest BCUT2D eigenvalue weighted by Crippen LogP contribution is -2.45. The average molecular weight is 284 g/mol. The van der Waals surface area contributed by atoms with Crippen molar-refractivity contribution in [1.82, 2.24) is 0 Å². The highest BCUT2D eigenvalue weighted by atomic mass is 32.2. The number of benzene rings is 1. The van der Waals surface area contributed by atoms with E-state index in [0.29, 0.717) is 16.9 Å². The first-order valence-corrected chi connectivity index (χ1v) is 7.44. The van der Waals surface area contributed by atoms with Crippen LogP contribution in [0.5, 0.6) is 0 Å². The van der Waals surface area contributed by atoms with Gasteiger partial charge >= 0.3 is 0 Å². The highest BCUT2D eigenvalue weighted by Gasteiger charge is 2.28. The summed E-state index contributed by atoms with van der Waals surface area (Å²) in [5.41, 5.74) is 6.86. The molecule has 0 amide bonds. The van der Waals surface area contributed by atoms with Crippen molar-refractivity contribution in [1.29, 1.82) is 0 Å². The molecule has 2 nitrogen and oxygen atoms in total. The van der Waals surface area contributed by atoms with Gasteiger partial charge < -0.3 is 10.6 Å². The van der Waals surface area contributed by atoms with Gasteiger partial charge in [0.2, 0.25) is 0 Å². The van der Waals surface area contributed by atoms with Gasteiger partial charge in [0, 0.05) is 23.6 Å². The van der Waals surface area contributed by atoms with Crippen molar-refractivity contribution in [3.05, 3.63) is 29.6 Å². The van der Waals surface area contributed by atoms with Crippen molar-refractivity contribution in [2.24, 2.45) is 5.73 Å². The van der Waals surface area contributed by atoms with E-state index in [4.69, 9.17) is 18.0 Å². The van der Waals surface area contributed by atoms with Crippen LogP contribution in [0.25, 0.3) is 0 Å². The number of halogens is 1. The molecule has 1 aliphatic heterocycles. The van der Waals surface area contributed by atoms with Crippen LogP contribution in [0.1, 0.15) is 19.4 Å². The molecule has 0 radical (unpaired) electrons. The lowest BCUT2D eigenvalue weighted by Gasteiger charge is -2.40. The predicted molar refractivity (Wildman–Crippen MR) is 81.0 cm³/mol. The summed E-state index contributed by atoms with van der Waals surface area (Å²) in [4.78, 5) is 2.33. The Morgan fingerprint density at radius 2 is 2.22 bits per heavy atom. The molecule has 18 heavy (non-hydrogen) atoms. The molecule has 1 aromatic carbocycles. The highest BCUT2D eigenvalue weighted by molar-refractivity contribution is 8.00. The molecule has 1 saturated heterocycles. The summed E-state index contributed by atoms with van der Waals surface area (Å²) in [6.45, 7) is 5.25. The topological polar surface area (TPSA) is 29.3 Å². The Balaban J connectivity index is 2.44. The summed E-state index contributed by atoms with van der Waals surface area (Å²) in [6.07, 6.45) is 0. The lowest BCUT2D eigenvalue weighted by atomic mass is 10.1. The number of thioether (sulfide) groups is 1. The number of hydrogen-bond donors (Lipinski definition) is 1. The second kappa shape index (κ2) is 5.45. The third-order valence-electron chi connectivity index (χ3n) is 3.43. The Hall–Kier alpha value is -0.810. The number of thiocarbonyl (C=S) groups is 1. The van der Waals surface area contributed by atoms with Crippen molar-refractivity contribution >= 4 is 34.7 Å². The number of anilines is 1. The fourth-order valence-corrected chi connectivity index (χ4v) is 3.57. The molecule has 98 valence electrons. The van der Waals surface area contributed by atoms with Crippen LogP contribution in [0.3, 0.4) is 0 Å². The van der Waals surface area contributed by atoms with E-state index in [1.165, 1.54) is 6.07 Å². The van der Waals surface area contributed by atoms with Crippen LogP contribution < -0.4 is 10.6 Å². The van der Waals surface area contributed by atoms with Gasteiger partial charge in [0.1, 0.15) is 10.8 Å². The summed E-state index contributed by atoms with van der Waals surface area (Å²) in [5, 5.41) is 0.515. The largest absolute Gasteiger partial charge is 0.389 e. The standard InChI is InChI=1S/C13H17FN2S2/c1-8-9(2)18-7-6-16(8)11-5-3-4-10(14)12(11)13(15)17/h3-5,8-9H,6-7H2,1-2H3,(H2,15,17). The van der Waals surface area contributed by atoms with E-state index in [1.807, 2.05) is 17.8 Å². The van der Waals surface area contributed by atoms with E-state index in [-0.39, 0.29) is 10.8 Å². The van der Waals surface area contributed by atoms with Crippen LogP contribution in [0.15, 0.2) is 18.2 Å². The van der Waals surface area contributed by atoms with Gasteiger partial charge in [-0.2, -0.15) is 11.8 Å². The van der Waals surface area contributed by atoms with E-state index in [2.05, 4.69) is 18.7 Å². The Bertz CT molecular complexity index is 464. The van der Waals surface area contributed by atoms with Gasteiger partial charge in [-0.05, 0) is 19.1 Å². The fourth-order valence-electron chi connectivity index (χ4n) is 2.27. The van der Waals surface area contributed by atoms with Crippen LogP contribution in [-0.4, -0.2) is 28.6 Å². The van der Waals surface area contributed by atoms with Crippen LogP contribution in [0.4, 0.5) is 10.1 Å². The van der Waals surface area contributed by atoms with Crippen molar-refractivity contribution < 1.29 is 4.39 Å². The van der Waals surface area contributed by atoms with Crippen LogP contribution in [0.2, 0.25) is 0 Å². The SMILES string of the molecule is CC1SCCN(c2cccc(F)c2C(N)=S)C1C. The zero-order chi connectivity index (χ0) is 13.3. The van der Waals surface area contributed by atoms with Crippen LogP contribution >= 0.6 is 24.0 Å². The van der Waals surface area contributed by atoms with Gasteiger partial charge in [0.15, 0.2) is 0 Å². The summed E-state index contributed by atoms with van der Waals surface area (Å²) in [7, 11) is 0. The molecule has 0 bridgehead atoms. The van der Waals surface area contributed by atoms with Crippen LogP contribution in [0, 0.1) is 5.82 Å². The van der Waals surface area contributed by atoms with E-state index in [9.17, 15) is 4.39 Å². The molecule has 1 aromatic rings. The fraction of sp³-hybridized carbons (Fsp3) is 0.462. The zero-order valence-electron chi connectivity index (χ0n) is 10.5. The van der Waals surface area contributed by atoms with Gasteiger partial charge in [0.05, 0.1) is 11.3 Å². The first kappa shape index (κ1) is 13.6. The molecule has 1 aliphatic rings. The molecular weight excluding hydrogens is 267 g/mol. The lowest BCUT2D eigenvalue weighted by molar-refractivity contribution is 0.608. The minimum Gasteiger partial charge on any atom is -0.389 e. The molecule has 1 fully saturated rings. The first-order chi connectivity index (χ1) is 8.52. The molecule has 0 aliphatic carbocycles. The van der Waals surface area contributed by atoms with Gasteiger partial charge in [-0.15, -0.1) is 0 Å². The Labute approximate surface area is 117 Å². The number of rotatable bonds is 2. The quantitative estimate of drug-likeness (QED) is 0.846. The predicted octanol–water partition coefficient (Wildman–Crippen LogP) is 2.79. The molecule has 0 aromatic heterocycles. The van der Waals surface area contributed by atoms with E-state index < -0.39 is 0 Å². The van der Waals surface area contributed by atoms with Crippen molar-refractivity contribution in [3.63, 3.8) is 0 Å². The maximum atomic E-state index is 13.9. The summed E-state index contributed by atoms with van der Waals surface area (Å²) in [5.74, 6) is 0.705. The Morgan fingerprint density at radius 1 is 1.50 bits per heavy atom. The molecule has 0 spiro atoms. The summed E-state index contributed by atoms with van der Waals surface area (Å²) >= 11 is 6.92. The van der Waals surface area contributed by atoms with Crippen molar-refractivity contribution in [2.75, 3.05) is 17.2 Å². The molecule has 2 N–H and O–H groups in total. The minimum absolute atomic E-state index is 0.126. The van der Waals surface area contributed by atoms with Crippen molar-refractivity contribution in [3.8, 4) is 0 Å². The third kappa shape index (κ3) is 2.47. The zero-order valence-corrected chi connectivity index (χ0v) is 12.2. The number of nitrogens with zero attached hydrogens (tertiary/aromatic N) is 1. The minimum atomic E-state index is -0.335. The number of nitrogens with two attached hydrogens (primary N) is 1. The van der Waals surface area contributed by atoms with Crippen molar-refractivity contribution in [2.45, 2.75) is 25.1 Å². The van der Waals surface area contributed by atoms with Gasteiger partial charge in [0.25, 0.3) is 0 Å². The normalized spacial score (nSPS) is 24.1.